The molecule has 1 aromatic rings. The Morgan fingerprint density at radius 3 is 2.61 bits per heavy atom. The summed E-state index contributed by atoms with van der Waals surface area (Å²) in [6.45, 7) is 8.66. The van der Waals surface area contributed by atoms with Gasteiger partial charge in [0.25, 0.3) is 0 Å². The average Bonchev–Trinajstić information content (AvgIpc) is 2.40. The smallest absolute Gasteiger partial charge is 0.132 e. The van der Waals surface area contributed by atoms with Crippen molar-refractivity contribution in [1.82, 2.24) is 9.97 Å². The van der Waals surface area contributed by atoms with Gasteiger partial charge in [-0.2, -0.15) is 0 Å². The Bertz CT molecular complexity index is 395. The number of aromatic nitrogens is 2. The van der Waals surface area contributed by atoms with Crippen LogP contribution in [0.1, 0.15) is 45.7 Å². The van der Waals surface area contributed by atoms with Gasteiger partial charge in [0.05, 0.1) is 5.69 Å². The summed E-state index contributed by atoms with van der Waals surface area (Å²) in [5.74, 6) is 1.05. The van der Waals surface area contributed by atoms with Crippen LogP contribution >= 0.6 is 0 Å². The zero-order valence-electron chi connectivity index (χ0n) is 11.7. The predicted octanol–water partition coefficient (Wildman–Crippen LogP) is 2.09. The minimum absolute atomic E-state index is 0.115. The third-order valence-electron chi connectivity index (χ3n) is 4.09. The molecule has 2 rings (SSSR count). The SMILES string of the molecule is CCC(C)(C)c1cc(N2CCC(N)CC2)ncn1. The number of anilines is 1. The number of nitrogens with zero attached hydrogens (tertiary/aromatic N) is 3. The van der Waals surface area contributed by atoms with Crippen LogP contribution in [0.3, 0.4) is 0 Å². The molecule has 0 amide bonds. The second-order valence-corrected chi connectivity index (χ2v) is 5.82. The van der Waals surface area contributed by atoms with Crippen LogP contribution < -0.4 is 10.6 Å². The van der Waals surface area contributed by atoms with Gasteiger partial charge in [-0.3, -0.25) is 0 Å². The first-order valence-corrected chi connectivity index (χ1v) is 6.86. The van der Waals surface area contributed by atoms with Crippen LogP contribution in [-0.2, 0) is 5.41 Å². The second-order valence-electron chi connectivity index (χ2n) is 5.82. The summed E-state index contributed by atoms with van der Waals surface area (Å²) in [6, 6.07) is 2.50. The largest absolute Gasteiger partial charge is 0.356 e. The molecule has 100 valence electrons. The van der Waals surface area contributed by atoms with Crippen LogP contribution in [0.25, 0.3) is 0 Å². The minimum Gasteiger partial charge on any atom is -0.356 e. The molecule has 4 nitrogen and oxygen atoms in total. The highest BCUT2D eigenvalue weighted by atomic mass is 15.2. The molecular formula is C14H24N4. The van der Waals surface area contributed by atoms with Crippen LogP contribution in [0, 0.1) is 0 Å². The summed E-state index contributed by atoms with van der Waals surface area (Å²) in [5.41, 5.74) is 7.18. The van der Waals surface area contributed by atoms with E-state index in [-0.39, 0.29) is 5.41 Å². The number of hydrogen-bond acceptors (Lipinski definition) is 4. The monoisotopic (exact) mass is 248 g/mol. The Labute approximate surface area is 110 Å². The number of piperidine rings is 1. The van der Waals surface area contributed by atoms with Crippen LogP contribution in [0.15, 0.2) is 12.4 Å². The molecule has 0 radical (unpaired) electrons. The molecule has 2 heterocycles. The van der Waals surface area contributed by atoms with Crippen molar-refractivity contribution < 1.29 is 0 Å². The van der Waals surface area contributed by atoms with Gasteiger partial charge in [0.2, 0.25) is 0 Å². The fraction of sp³-hybridized carbons (Fsp3) is 0.714. The number of rotatable bonds is 3. The van der Waals surface area contributed by atoms with E-state index in [4.69, 9.17) is 5.73 Å². The summed E-state index contributed by atoms with van der Waals surface area (Å²) >= 11 is 0. The molecule has 0 spiro atoms. The maximum atomic E-state index is 5.94. The molecule has 0 bridgehead atoms. The quantitative estimate of drug-likeness (QED) is 0.890. The highest BCUT2D eigenvalue weighted by Crippen LogP contribution is 2.27. The van der Waals surface area contributed by atoms with E-state index in [2.05, 4.69) is 41.7 Å². The highest BCUT2D eigenvalue weighted by molar-refractivity contribution is 5.41. The first-order valence-electron chi connectivity index (χ1n) is 6.86. The fourth-order valence-corrected chi connectivity index (χ4v) is 2.20. The Balaban J connectivity index is 2.17. The summed E-state index contributed by atoms with van der Waals surface area (Å²) in [4.78, 5) is 11.2. The van der Waals surface area contributed by atoms with Crippen molar-refractivity contribution in [3.05, 3.63) is 18.1 Å². The van der Waals surface area contributed by atoms with E-state index in [0.29, 0.717) is 6.04 Å². The van der Waals surface area contributed by atoms with Gasteiger partial charge in [0.1, 0.15) is 12.1 Å². The Hall–Kier alpha value is -1.16. The summed E-state index contributed by atoms with van der Waals surface area (Å²) in [7, 11) is 0. The second kappa shape index (κ2) is 5.22. The van der Waals surface area contributed by atoms with Crippen molar-refractivity contribution in [1.29, 1.82) is 0 Å². The highest BCUT2D eigenvalue weighted by Gasteiger charge is 2.22. The molecule has 1 aliphatic heterocycles. The number of hydrogen-bond donors (Lipinski definition) is 1. The van der Waals surface area contributed by atoms with Crippen molar-refractivity contribution in [3.8, 4) is 0 Å². The van der Waals surface area contributed by atoms with Crippen molar-refractivity contribution in [2.75, 3.05) is 18.0 Å². The van der Waals surface area contributed by atoms with Crippen LogP contribution in [0.5, 0.6) is 0 Å². The molecule has 0 unspecified atom stereocenters. The third-order valence-corrected chi connectivity index (χ3v) is 4.09. The van der Waals surface area contributed by atoms with Gasteiger partial charge in [-0.05, 0) is 19.3 Å². The van der Waals surface area contributed by atoms with E-state index in [1.165, 1.54) is 0 Å². The van der Waals surface area contributed by atoms with Gasteiger partial charge >= 0.3 is 0 Å². The molecule has 0 saturated carbocycles. The molecule has 4 heteroatoms. The van der Waals surface area contributed by atoms with Crippen molar-refractivity contribution in [2.24, 2.45) is 5.73 Å². The van der Waals surface area contributed by atoms with E-state index in [9.17, 15) is 0 Å². The van der Waals surface area contributed by atoms with E-state index in [0.717, 1.165) is 43.9 Å². The first-order chi connectivity index (χ1) is 8.53. The molecule has 2 N–H and O–H groups in total. The van der Waals surface area contributed by atoms with Gasteiger partial charge in [-0.1, -0.05) is 20.8 Å². The topological polar surface area (TPSA) is 55.0 Å². The van der Waals surface area contributed by atoms with Crippen molar-refractivity contribution in [3.63, 3.8) is 0 Å². The normalized spacial score (nSPS) is 18.1. The maximum absolute atomic E-state index is 5.94. The van der Waals surface area contributed by atoms with Crippen LogP contribution in [-0.4, -0.2) is 29.1 Å². The summed E-state index contributed by atoms with van der Waals surface area (Å²) in [6.07, 6.45) is 4.87. The molecule has 1 aliphatic rings. The Morgan fingerprint density at radius 2 is 2.00 bits per heavy atom. The average molecular weight is 248 g/mol. The zero-order chi connectivity index (χ0) is 13.2. The standard InChI is InChI=1S/C14H24N4/c1-4-14(2,3)12-9-13(17-10-16-12)18-7-5-11(15)6-8-18/h9-11H,4-8,15H2,1-3H3. The van der Waals surface area contributed by atoms with Gasteiger partial charge in [-0.15, -0.1) is 0 Å². The first kappa shape index (κ1) is 13.3. The van der Waals surface area contributed by atoms with E-state index in [1.54, 1.807) is 6.33 Å². The predicted molar refractivity (Wildman–Crippen MR) is 74.8 cm³/mol. The lowest BCUT2D eigenvalue weighted by atomic mass is 9.86. The Kier molecular flexibility index (Phi) is 3.85. The molecular weight excluding hydrogens is 224 g/mol. The zero-order valence-corrected chi connectivity index (χ0v) is 11.7. The fourth-order valence-electron chi connectivity index (χ4n) is 2.20. The van der Waals surface area contributed by atoms with E-state index >= 15 is 0 Å². The van der Waals surface area contributed by atoms with Crippen molar-refractivity contribution in [2.45, 2.75) is 51.5 Å². The lowest BCUT2D eigenvalue weighted by Crippen LogP contribution is -2.40. The van der Waals surface area contributed by atoms with Crippen LogP contribution in [0.2, 0.25) is 0 Å². The molecule has 18 heavy (non-hydrogen) atoms. The van der Waals surface area contributed by atoms with E-state index in [1.807, 2.05) is 0 Å². The number of nitrogens with two attached hydrogens (primary N) is 1. The van der Waals surface area contributed by atoms with Gasteiger partial charge in [0, 0.05) is 30.6 Å². The van der Waals surface area contributed by atoms with Crippen molar-refractivity contribution >= 4 is 5.82 Å². The third kappa shape index (κ3) is 2.80. The summed E-state index contributed by atoms with van der Waals surface area (Å²) in [5, 5.41) is 0. The molecule has 0 aliphatic carbocycles. The van der Waals surface area contributed by atoms with Gasteiger partial charge < -0.3 is 10.6 Å². The molecule has 1 aromatic heterocycles. The minimum atomic E-state index is 0.115. The lowest BCUT2D eigenvalue weighted by molar-refractivity contribution is 0.483. The molecule has 1 saturated heterocycles. The van der Waals surface area contributed by atoms with Gasteiger partial charge in [0.15, 0.2) is 0 Å². The Morgan fingerprint density at radius 1 is 1.33 bits per heavy atom. The maximum Gasteiger partial charge on any atom is 0.132 e. The van der Waals surface area contributed by atoms with Gasteiger partial charge in [-0.25, -0.2) is 9.97 Å². The molecule has 0 aromatic carbocycles. The van der Waals surface area contributed by atoms with E-state index < -0.39 is 0 Å². The van der Waals surface area contributed by atoms with Crippen LogP contribution in [0.4, 0.5) is 5.82 Å². The summed E-state index contributed by atoms with van der Waals surface area (Å²) < 4.78 is 0. The molecule has 1 fully saturated rings. The lowest BCUT2D eigenvalue weighted by Gasteiger charge is -2.32. The molecule has 0 atom stereocenters.